The molecule has 6 nitrogen and oxygen atoms in total. The standard InChI is InChI=1S/C45H70N6Si/c1-26-23-36(42(49(17)18)39(29(26)4)46(11)12)52(45-34(9)32(7)33(8)35(45)10,37-24-27(2)30(5)40(47(13)14)43(37)50(19)20)38-25-28(3)31(6)41(48(15)16)44(38)51(21)22/h23-25,45H,1-22H3. The van der Waals surface area contributed by atoms with E-state index in [9.17, 15) is 0 Å². The number of hydrogen-bond donors (Lipinski definition) is 0. The molecule has 284 valence electrons. The molecule has 0 bridgehead atoms. The van der Waals surface area contributed by atoms with Gasteiger partial charge in [-0.05, 0) is 129 Å². The molecule has 0 atom stereocenters. The van der Waals surface area contributed by atoms with Crippen LogP contribution in [0.4, 0.5) is 34.1 Å². The number of hydrogen-bond acceptors (Lipinski definition) is 6. The van der Waals surface area contributed by atoms with Crippen molar-refractivity contribution < 1.29 is 0 Å². The van der Waals surface area contributed by atoms with Gasteiger partial charge >= 0.3 is 0 Å². The Morgan fingerprint density at radius 3 is 0.750 bits per heavy atom. The molecular formula is C45H70N6Si. The van der Waals surface area contributed by atoms with Crippen LogP contribution in [-0.2, 0) is 0 Å². The summed E-state index contributed by atoms with van der Waals surface area (Å²) in [5, 5.41) is 4.42. The fourth-order valence-corrected chi connectivity index (χ4v) is 16.5. The maximum Gasteiger partial charge on any atom is 0.167 e. The average Bonchev–Trinajstić information content (AvgIpc) is 3.22. The predicted molar refractivity (Wildman–Crippen MR) is 239 cm³/mol. The van der Waals surface area contributed by atoms with E-state index in [1.54, 1.807) is 0 Å². The third kappa shape index (κ3) is 6.11. The topological polar surface area (TPSA) is 19.4 Å². The molecule has 0 N–H and O–H groups in total. The summed E-state index contributed by atoms with van der Waals surface area (Å²) < 4.78 is 0. The van der Waals surface area contributed by atoms with Gasteiger partial charge in [-0.3, -0.25) is 0 Å². The van der Waals surface area contributed by atoms with E-state index in [-0.39, 0.29) is 5.54 Å². The number of aryl methyl sites for hydroxylation is 3. The number of benzene rings is 3. The number of anilines is 6. The van der Waals surface area contributed by atoms with Gasteiger partial charge in [-0.1, -0.05) is 29.3 Å². The zero-order valence-corrected chi connectivity index (χ0v) is 38.0. The van der Waals surface area contributed by atoms with E-state index in [0.29, 0.717) is 0 Å². The first-order chi connectivity index (χ1) is 24.0. The highest BCUT2D eigenvalue weighted by Crippen LogP contribution is 2.51. The molecule has 0 spiro atoms. The highest BCUT2D eigenvalue weighted by atomic mass is 28.3. The normalized spacial score (nSPS) is 13.7. The Morgan fingerprint density at radius 1 is 0.346 bits per heavy atom. The van der Waals surface area contributed by atoms with E-state index < -0.39 is 8.07 Å². The van der Waals surface area contributed by atoms with Crippen LogP contribution in [0.1, 0.15) is 61.1 Å². The molecule has 0 fully saturated rings. The van der Waals surface area contributed by atoms with Crippen molar-refractivity contribution in [3.05, 3.63) is 73.9 Å². The Bertz CT molecular complexity index is 1750. The smallest absolute Gasteiger partial charge is 0.167 e. The molecule has 0 aromatic heterocycles. The van der Waals surface area contributed by atoms with Crippen molar-refractivity contribution >= 4 is 57.8 Å². The quantitative estimate of drug-likeness (QED) is 0.159. The summed E-state index contributed by atoms with van der Waals surface area (Å²) >= 11 is 0. The zero-order valence-electron chi connectivity index (χ0n) is 37.0. The molecule has 0 saturated carbocycles. The molecule has 7 heteroatoms. The van der Waals surface area contributed by atoms with E-state index >= 15 is 0 Å². The van der Waals surface area contributed by atoms with Gasteiger partial charge in [0.05, 0.1) is 34.1 Å². The van der Waals surface area contributed by atoms with Crippen LogP contribution in [0.2, 0.25) is 5.54 Å². The lowest BCUT2D eigenvalue weighted by Gasteiger charge is -2.48. The zero-order chi connectivity index (χ0) is 39.6. The Labute approximate surface area is 319 Å². The molecule has 0 unspecified atom stereocenters. The van der Waals surface area contributed by atoms with Crippen LogP contribution in [0.15, 0.2) is 40.5 Å². The summed E-state index contributed by atoms with van der Waals surface area (Å²) in [6, 6.07) is 7.84. The van der Waals surface area contributed by atoms with Crippen molar-refractivity contribution in [2.45, 2.75) is 74.8 Å². The van der Waals surface area contributed by atoms with E-state index in [1.165, 1.54) is 105 Å². The molecule has 0 saturated heterocycles. The maximum atomic E-state index is 2.61. The van der Waals surface area contributed by atoms with E-state index in [2.05, 4.69) is 201 Å². The molecule has 0 heterocycles. The van der Waals surface area contributed by atoms with Crippen LogP contribution in [0.3, 0.4) is 0 Å². The third-order valence-electron chi connectivity index (χ3n) is 12.4. The van der Waals surface area contributed by atoms with Gasteiger partial charge in [0.2, 0.25) is 0 Å². The van der Waals surface area contributed by atoms with Crippen LogP contribution in [0, 0.1) is 41.5 Å². The van der Waals surface area contributed by atoms with Crippen molar-refractivity contribution in [1.29, 1.82) is 0 Å². The minimum atomic E-state index is -3.24. The lowest BCUT2D eigenvalue weighted by Crippen LogP contribution is -2.72. The molecule has 3 aromatic carbocycles. The average molecular weight is 723 g/mol. The predicted octanol–water partition coefficient (Wildman–Crippen LogP) is 7.46. The molecule has 0 aliphatic heterocycles. The van der Waals surface area contributed by atoms with Gasteiger partial charge in [0.15, 0.2) is 8.07 Å². The van der Waals surface area contributed by atoms with Gasteiger partial charge in [-0.25, -0.2) is 0 Å². The van der Waals surface area contributed by atoms with E-state index in [4.69, 9.17) is 0 Å². The molecular weight excluding hydrogens is 653 g/mol. The summed E-state index contributed by atoms with van der Waals surface area (Å²) in [4.78, 5) is 14.3. The van der Waals surface area contributed by atoms with Gasteiger partial charge in [-0.15, -0.1) is 0 Å². The second-order valence-electron chi connectivity index (χ2n) is 16.9. The van der Waals surface area contributed by atoms with Gasteiger partial charge in [-0.2, -0.15) is 0 Å². The van der Waals surface area contributed by atoms with Crippen molar-refractivity contribution in [3.63, 3.8) is 0 Å². The first kappa shape index (κ1) is 40.9. The van der Waals surface area contributed by atoms with Crippen molar-refractivity contribution in [2.75, 3.05) is 114 Å². The molecule has 0 amide bonds. The van der Waals surface area contributed by atoms with Crippen LogP contribution in [0.25, 0.3) is 0 Å². The van der Waals surface area contributed by atoms with Crippen LogP contribution < -0.4 is 45.0 Å². The minimum Gasteiger partial charge on any atom is -0.376 e. The van der Waals surface area contributed by atoms with Crippen LogP contribution in [0.5, 0.6) is 0 Å². The van der Waals surface area contributed by atoms with E-state index in [1.807, 2.05) is 0 Å². The molecule has 0 radical (unpaired) electrons. The number of nitrogens with zero attached hydrogens (tertiary/aromatic N) is 6. The largest absolute Gasteiger partial charge is 0.376 e. The third-order valence-corrected chi connectivity index (χ3v) is 17.8. The Hall–Kier alpha value is -3.84. The summed E-state index contributed by atoms with van der Waals surface area (Å²) in [6.45, 7) is 23.5. The first-order valence-electron chi connectivity index (χ1n) is 18.8. The highest BCUT2D eigenvalue weighted by molar-refractivity contribution is 7.15. The molecule has 52 heavy (non-hydrogen) atoms. The second kappa shape index (κ2) is 14.5. The summed E-state index contributed by atoms with van der Waals surface area (Å²) in [6.07, 6.45) is 0. The van der Waals surface area contributed by atoms with E-state index in [0.717, 1.165) is 0 Å². The van der Waals surface area contributed by atoms with Gasteiger partial charge in [0, 0.05) is 90.1 Å². The maximum absolute atomic E-state index is 3.24. The first-order valence-corrected chi connectivity index (χ1v) is 20.9. The fourth-order valence-electron chi connectivity index (χ4n) is 9.46. The SMILES string of the molecule is CC1=C(C)C([Si](c2cc(C)c(C)c(N(C)C)c2N(C)C)(c2cc(C)c(C)c(N(C)C)c2N(C)C)c2cc(C)c(C)c(N(C)C)c2N(C)C)C(C)=C1C. The van der Waals surface area contributed by atoms with Crippen LogP contribution >= 0.6 is 0 Å². The minimum absolute atomic E-state index is 0.190. The monoisotopic (exact) mass is 723 g/mol. The Kier molecular flexibility index (Phi) is 11.4. The molecule has 1 aliphatic rings. The second-order valence-corrected chi connectivity index (χ2v) is 20.7. The van der Waals surface area contributed by atoms with Crippen LogP contribution in [-0.4, -0.2) is 92.6 Å². The van der Waals surface area contributed by atoms with Gasteiger partial charge < -0.3 is 29.4 Å². The molecule has 1 aliphatic carbocycles. The summed E-state index contributed by atoms with van der Waals surface area (Å²) in [5.74, 6) is 0. The Morgan fingerprint density at radius 2 is 0.558 bits per heavy atom. The molecule has 3 aromatic rings. The van der Waals surface area contributed by atoms with Gasteiger partial charge in [0.1, 0.15) is 0 Å². The summed E-state index contributed by atoms with van der Waals surface area (Å²) in [5.41, 5.74) is 22.0. The number of rotatable bonds is 10. The number of allylic oxidation sites excluding steroid dienone is 4. The lowest BCUT2D eigenvalue weighted by atomic mass is 10.0. The van der Waals surface area contributed by atoms with Crippen molar-refractivity contribution in [2.24, 2.45) is 0 Å². The molecule has 4 rings (SSSR count). The Balaban J connectivity index is 2.69. The summed E-state index contributed by atoms with van der Waals surface area (Å²) in [7, 11) is 23.6. The highest BCUT2D eigenvalue weighted by Gasteiger charge is 2.55. The van der Waals surface area contributed by atoms with Crippen molar-refractivity contribution in [1.82, 2.24) is 0 Å². The lowest BCUT2D eigenvalue weighted by molar-refractivity contribution is 1.04. The fraction of sp³-hybridized carbons (Fsp3) is 0.511. The van der Waals surface area contributed by atoms with Gasteiger partial charge in [0.25, 0.3) is 0 Å². The van der Waals surface area contributed by atoms with Crippen molar-refractivity contribution in [3.8, 4) is 0 Å².